The molecule has 1 atom stereocenters. The van der Waals surface area contributed by atoms with Crippen molar-refractivity contribution >= 4 is 11.4 Å². The average molecular weight is 239 g/mol. The molecule has 1 saturated carbocycles. The molecule has 5 nitrogen and oxygen atoms in total. The second-order valence-corrected chi connectivity index (χ2v) is 4.34. The molecule has 0 saturated heterocycles. The Bertz CT molecular complexity index is 435. The molecule has 6 heteroatoms. The van der Waals surface area contributed by atoms with Gasteiger partial charge in [0.15, 0.2) is 0 Å². The predicted molar refractivity (Wildman–Crippen MR) is 62.2 cm³/mol. The van der Waals surface area contributed by atoms with Crippen molar-refractivity contribution in [3.8, 4) is 0 Å². The van der Waals surface area contributed by atoms with E-state index in [-0.39, 0.29) is 11.7 Å². The number of nitrogens with two attached hydrogens (primary N) is 1. The number of benzene rings is 1. The summed E-state index contributed by atoms with van der Waals surface area (Å²) in [4.78, 5) is 9.93. The molecule has 1 unspecified atom stereocenters. The first-order chi connectivity index (χ1) is 8.06. The van der Waals surface area contributed by atoms with Gasteiger partial charge < -0.3 is 11.1 Å². The first kappa shape index (κ1) is 11.8. The average Bonchev–Trinajstić information content (AvgIpc) is 3.08. The lowest BCUT2D eigenvalue weighted by Gasteiger charge is -2.12. The number of nitrogens with zero attached hydrogens (tertiary/aromatic N) is 1. The lowest BCUT2D eigenvalue weighted by atomic mass is 10.2. The molecule has 2 rings (SSSR count). The third-order valence-corrected chi connectivity index (χ3v) is 2.86. The molecule has 1 aromatic carbocycles. The maximum absolute atomic E-state index is 13.1. The summed E-state index contributed by atoms with van der Waals surface area (Å²) < 4.78 is 13.1. The van der Waals surface area contributed by atoms with Gasteiger partial charge in [0.2, 0.25) is 0 Å². The fourth-order valence-corrected chi connectivity index (χ4v) is 1.71. The zero-order valence-corrected chi connectivity index (χ0v) is 9.23. The molecular weight excluding hydrogens is 225 g/mol. The number of halogens is 1. The molecule has 0 amide bonds. The van der Waals surface area contributed by atoms with Gasteiger partial charge in [-0.1, -0.05) is 0 Å². The second-order valence-electron chi connectivity index (χ2n) is 4.34. The van der Waals surface area contributed by atoms with Gasteiger partial charge in [-0.05, 0) is 24.8 Å². The molecule has 0 aliphatic heterocycles. The Balaban J connectivity index is 2.01. The minimum Gasteiger partial charge on any atom is -0.383 e. The number of rotatable bonds is 5. The van der Waals surface area contributed by atoms with E-state index < -0.39 is 10.7 Å². The SMILES string of the molecule is NC(CNc1cc(F)cc([N+](=O)[O-])c1)C1CC1. The smallest absolute Gasteiger partial charge is 0.274 e. The van der Waals surface area contributed by atoms with Gasteiger partial charge in [-0.25, -0.2) is 4.39 Å². The molecule has 17 heavy (non-hydrogen) atoms. The van der Waals surface area contributed by atoms with Crippen LogP contribution in [0.1, 0.15) is 12.8 Å². The summed E-state index contributed by atoms with van der Waals surface area (Å²) >= 11 is 0. The molecule has 0 bridgehead atoms. The van der Waals surface area contributed by atoms with Crippen molar-refractivity contribution in [3.63, 3.8) is 0 Å². The van der Waals surface area contributed by atoms with E-state index in [4.69, 9.17) is 5.73 Å². The highest BCUT2D eigenvalue weighted by Gasteiger charge is 2.28. The Kier molecular flexibility index (Phi) is 3.23. The number of nitro benzene ring substituents is 1. The van der Waals surface area contributed by atoms with Crippen LogP contribution in [0.2, 0.25) is 0 Å². The quantitative estimate of drug-likeness (QED) is 0.607. The highest BCUT2D eigenvalue weighted by Crippen LogP contribution is 2.31. The van der Waals surface area contributed by atoms with Gasteiger partial charge in [0.1, 0.15) is 5.82 Å². The molecule has 1 aliphatic carbocycles. The van der Waals surface area contributed by atoms with Crippen LogP contribution in [-0.4, -0.2) is 17.5 Å². The van der Waals surface area contributed by atoms with Crippen LogP contribution in [-0.2, 0) is 0 Å². The number of non-ortho nitro benzene ring substituents is 1. The number of anilines is 1. The number of nitrogens with one attached hydrogen (secondary N) is 1. The van der Waals surface area contributed by atoms with E-state index in [1.165, 1.54) is 12.1 Å². The minimum atomic E-state index is -0.623. The number of hydrogen-bond acceptors (Lipinski definition) is 4. The fourth-order valence-electron chi connectivity index (χ4n) is 1.71. The van der Waals surface area contributed by atoms with Crippen LogP contribution in [0.25, 0.3) is 0 Å². The highest BCUT2D eigenvalue weighted by molar-refractivity contribution is 5.51. The summed E-state index contributed by atoms with van der Waals surface area (Å²) in [6.45, 7) is 0.505. The third-order valence-electron chi connectivity index (χ3n) is 2.86. The van der Waals surface area contributed by atoms with E-state index in [9.17, 15) is 14.5 Å². The van der Waals surface area contributed by atoms with E-state index in [2.05, 4.69) is 5.32 Å². The maximum atomic E-state index is 13.1. The minimum absolute atomic E-state index is 0.0253. The van der Waals surface area contributed by atoms with Crippen LogP contribution >= 0.6 is 0 Å². The van der Waals surface area contributed by atoms with Crippen molar-refractivity contribution < 1.29 is 9.31 Å². The van der Waals surface area contributed by atoms with Crippen molar-refractivity contribution in [1.29, 1.82) is 0 Å². The normalized spacial score (nSPS) is 16.6. The first-order valence-electron chi connectivity index (χ1n) is 5.50. The summed E-state index contributed by atoms with van der Waals surface area (Å²) in [5.74, 6) is -0.0901. The largest absolute Gasteiger partial charge is 0.383 e. The number of hydrogen-bond donors (Lipinski definition) is 2. The van der Waals surface area contributed by atoms with Gasteiger partial charge in [-0.2, -0.15) is 0 Å². The van der Waals surface area contributed by atoms with Crippen LogP contribution in [0.3, 0.4) is 0 Å². The molecule has 1 fully saturated rings. The molecule has 0 heterocycles. The second kappa shape index (κ2) is 4.67. The van der Waals surface area contributed by atoms with E-state index in [0.29, 0.717) is 18.2 Å². The van der Waals surface area contributed by atoms with E-state index in [0.717, 1.165) is 18.9 Å². The number of nitro groups is 1. The van der Waals surface area contributed by atoms with Gasteiger partial charge in [-0.15, -0.1) is 0 Å². The topological polar surface area (TPSA) is 81.2 Å². The molecule has 0 radical (unpaired) electrons. The van der Waals surface area contributed by atoms with Gasteiger partial charge in [-0.3, -0.25) is 10.1 Å². The zero-order chi connectivity index (χ0) is 12.4. The van der Waals surface area contributed by atoms with Crippen molar-refractivity contribution in [2.75, 3.05) is 11.9 Å². The Labute approximate surface area is 98.0 Å². The van der Waals surface area contributed by atoms with E-state index in [1.54, 1.807) is 0 Å². The van der Waals surface area contributed by atoms with Gasteiger partial charge in [0.25, 0.3) is 5.69 Å². The summed E-state index contributed by atoms with van der Waals surface area (Å²) in [5.41, 5.74) is 6.01. The van der Waals surface area contributed by atoms with Gasteiger partial charge in [0, 0.05) is 24.3 Å². The van der Waals surface area contributed by atoms with E-state index in [1.807, 2.05) is 0 Å². The van der Waals surface area contributed by atoms with Gasteiger partial charge >= 0.3 is 0 Å². The molecule has 1 aromatic rings. The van der Waals surface area contributed by atoms with Crippen LogP contribution < -0.4 is 11.1 Å². The van der Waals surface area contributed by atoms with Crippen molar-refractivity contribution in [2.24, 2.45) is 11.7 Å². The molecule has 3 N–H and O–H groups in total. The Hall–Kier alpha value is -1.69. The molecule has 0 spiro atoms. The fraction of sp³-hybridized carbons (Fsp3) is 0.455. The molecule has 92 valence electrons. The molecule has 1 aliphatic rings. The Morgan fingerprint density at radius 1 is 1.53 bits per heavy atom. The van der Waals surface area contributed by atoms with Crippen molar-refractivity contribution in [1.82, 2.24) is 0 Å². The van der Waals surface area contributed by atoms with Crippen LogP contribution in [0, 0.1) is 21.8 Å². The molecule has 0 aromatic heterocycles. The van der Waals surface area contributed by atoms with Crippen LogP contribution in [0.15, 0.2) is 18.2 Å². The van der Waals surface area contributed by atoms with Crippen molar-refractivity contribution in [3.05, 3.63) is 34.1 Å². The lowest BCUT2D eigenvalue weighted by molar-refractivity contribution is -0.385. The van der Waals surface area contributed by atoms with Gasteiger partial charge in [0.05, 0.1) is 11.0 Å². The van der Waals surface area contributed by atoms with Crippen LogP contribution in [0.4, 0.5) is 15.8 Å². The summed E-state index contributed by atoms with van der Waals surface area (Å²) in [7, 11) is 0. The van der Waals surface area contributed by atoms with Crippen molar-refractivity contribution in [2.45, 2.75) is 18.9 Å². The van der Waals surface area contributed by atoms with E-state index >= 15 is 0 Å². The Morgan fingerprint density at radius 3 is 2.82 bits per heavy atom. The maximum Gasteiger partial charge on any atom is 0.274 e. The summed E-state index contributed by atoms with van der Waals surface area (Å²) in [6.07, 6.45) is 2.26. The first-order valence-corrected chi connectivity index (χ1v) is 5.50. The zero-order valence-electron chi connectivity index (χ0n) is 9.23. The monoisotopic (exact) mass is 239 g/mol. The predicted octanol–water partition coefficient (Wildman–Crippen LogP) is 1.88. The third kappa shape index (κ3) is 3.13. The summed E-state index contributed by atoms with van der Waals surface area (Å²) in [6, 6.07) is 3.46. The standard InChI is InChI=1S/C11H14FN3O2/c12-8-3-9(5-10(4-8)15(16)17)14-6-11(13)7-1-2-7/h3-5,7,11,14H,1-2,6,13H2. The van der Waals surface area contributed by atoms with Crippen LogP contribution in [0.5, 0.6) is 0 Å². The summed E-state index contributed by atoms with van der Waals surface area (Å²) in [5, 5.41) is 13.5. The highest BCUT2D eigenvalue weighted by atomic mass is 19.1. The Morgan fingerprint density at radius 2 is 2.24 bits per heavy atom. The molecular formula is C11H14FN3O2. The lowest BCUT2D eigenvalue weighted by Crippen LogP contribution is -2.31.